The normalized spacial score (nSPS) is 20.8. The lowest BCUT2D eigenvalue weighted by Gasteiger charge is -2.30. The maximum absolute atomic E-state index is 13.3. The highest BCUT2D eigenvalue weighted by molar-refractivity contribution is 7.88. The first kappa shape index (κ1) is 27.3. The van der Waals surface area contributed by atoms with Crippen LogP contribution in [0.2, 0.25) is 0 Å². The predicted octanol–water partition coefficient (Wildman–Crippen LogP) is 2.26. The largest absolute Gasteiger partial charge is 0.486 e. The van der Waals surface area contributed by atoms with Crippen molar-refractivity contribution in [3.63, 3.8) is 0 Å². The van der Waals surface area contributed by atoms with E-state index in [0.29, 0.717) is 56.0 Å². The molecule has 3 heterocycles. The molecule has 2 unspecified atom stereocenters. The van der Waals surface area contributed by atoms with Gasteiger partial charge in [0.1, 0.15) is 23.5 Å². The minimum Gasteiger partial charge on any atom is -0.486 e. The number of likely N-dealkylation sites (tertiary alicyclic amines) is 1. The zero-order valence-electron chi connectivity index (χ0n) is 21.8. The van der Waals surface area contributed by atoms with Gasteiger partial charge in [-0.3, -0.25) is 4.79 Å². The summed E-state index contributed by atoms with van der Waals surface area (Å²) in [5, 5.41) is 0. The van der Waals surface area contributed by atoms with Gasteiger partial charge in [-0.05, 0) is 49.1 Å². The van der Waals surface area contributed by atoms with Crippen LogP contribution in [-0.4, -0.2) is 94.3 Å². The maximum Gasteiger partial charge on any atom is 0.259 e. The Kier molecular flexibility index (Phi) is 8.68. The molecule has 1 amide bonds. The fraction of sp³-hybridized carbons (Fsp3) is 0.538. The van der Waals surface area contributed by atoms with Crippen molar-refractivity contribution in [2.75, 3.05) is 47.6 Å². The number of amides is 1. The molecule has 1 aromatic heterocycles. The van der Waals surface area contributed by atoms with Gasteiger partial charge >= 0.3 is 0 Å². The fourth-order valence-electron chi connectivity index (χ4n) is 4.83. The Hall–Kier alpha value is -2.73. The molecule has 0 aliphatic carbocycles. The molecule has 0 spiro atoms. The Morgan fingerprint density at radius 3 is 2.59 bits per heavy atom. The van der Waals surface area contributed by atoms with E-state index in [1.54, 1.807) is 55.6 Å². The van der Waals surface area contributed by atoms with Crippen LogP contribution in [0.3, 0.4) is 0 Å². The van der Waals surface area contributed by atoms with E-state index in [1.807, 2.05) is 6.92 Å². The highest BCUT2D eigenvalue weighted by atomic mass is 32.2. The van der Waals surface area contributed by atoms with Crippen LogP contribution in [0.5, 0.6) is 11.6 Å². The third-order valence-electron chi connectivity index (χ3n) is 7.02. The first-order chi connectivity index (χ1) is 17.7. The number of methoxy groups -OCH3 is 2. The number of carbonyl (C=O) groups excluding carboxylic acids is 1. The van der Waals surface area contributed by atoms with Gasteiger partial charge in [-0.2, -0.15) is 0 Å². The first-order valence-corrected chi connectivity index (χ1v) is 13.9. The minimum absolute atomic E-state index is 0.0512. The van der Waals surface area contributed by atoms with Gasteiger partial charge in [0.25, 0.3) is 5.91 Å². The Balaban J connectivity index is 1.45. The van der Waals surface area contributed by atoms with Gasteiger partial charge in [-0.25, -0.2) is 17.7 Å². The highest BCUT2D eigenvalue weighted by Gasteiger charge is 2.39. The second-order valence-electron chi connectivity index (χ2n) is 9.42. The standard InChI is InChI=1S/C26H35N3O7S/c1-18-8-11-27-25(34-4)24(18)26(30)29-15-22(33-3)23(16-29)36-21-7-5-6-19(14-21)17-37(31,32)28(2)20-9-12-35-13-10-20/h5-8,11,14,20,22-23H,9-10,12-13,15-17H2,1-4H3. The van der Waals surface area contributed by atoms with E-state index >= 15 is 0 Å². The lowest BCUT2D eigenvalue weighted by molar-refractivity contribution is 0.0339. The molecule has 4 rings (SSSR count). The van der Waals surface area contributed by atoms with Gasteiger partial charge < -0.3 is 23.8 Å². The molecule has 2 aliphatic heterocycles. The topological polar surface area (TPSA) is 108 Å². The molecule has 1 aromatic carbocycles. The molecular formula is C26H35N3O7S. The molecule has 2 fully saturated rings. The van der Waals surface area contributed by atoms with Crippen molar-refractivity contribution in [2.45, 2.75) is 43.8 Å². The third kappa shape index (κ3) is 6.23. The molecule has 202 valence electrons. The number of ether oxygens (including phenoxy) is 4. The molecule has 2 aliphatic rings. The van der Waals surface area contributed by atoms with E-state index in [-0.39, 0.29) is 29.7 Å². The van der Waals surface area contributed by atoms with Crippen molar-refractivity contribution in [1.82, 2.24) is 14.2 Å². The number of carbonyl (C=O) groups is 1. The Labute approximate surface area is 218 Å². The predicted molar refractivity (Wildman–Crippen MR) is 137 cm³/mol. The Morgan fingerprint density at radius 2 is 1.89 bits per heavy atom. The molecule has 2 aromatic rings. The summed E-state index contributed by atoms with van der Waals surface area (Å²) >= 11 is 0. The molecule has 10 nitrogen and oxygen atoms in total. The van der Waals surface area contributed by atoms with E-state index in [0.717, 1.165) is 5.56 Å². The van der Waals surface area contributed by atoms with E-state index in [4.69, 9.17) is 18.9 Å². The summed E-state index contributed by atoms with van der Waals surface area (Å²) in [5.41, 5.74) is 1.82. The van der Waals surface area contributed by atoms with E-state index in [2.05, 4.69) is 4.98 Å². The molecule has 2 atom stereocenters. The zero-order chi connectivity index (χ0) is 26.6. The summed E-state index contributed by atoms with van der Waals surface area (Å²) in [4.78, 5) is 19.2. The number of sulfonamides is 1. The summed E-state index contributed by atoms with van der Waals surface area (Å²) in [5.74, 6) is 0.480. The van der Waals surface area contributed by atoms with Crippen LogP contribution in [0.1, 0.15) is 34.3 Å². The second kappa shape index (κ2) is 11.8. The van der Waals surface area contributed by atoms with Crippen LogP contribution in [0.25, 0.3) is 0 Å². The van der Waals surface area contributed by atoms with Crippen LogP contribution in [0, 0.1) is 6.92 Å². The van der Waals surface area contributed by atoms with Crippen LogP contribution < -0.4 is 9.47 Å². The number of pyridine rings is 1. The van der Waals surface area contributed by atoms with Crippen LogP contribution in [0.4, 0.5) is 0 Å². The van der Waals surface area contributed by atoms with Crippen molar-refractivity contribution in [1.29, 1.82) is 0 Å². The molecule has 0 N–H and O–H groups in total. The molecule has 0 bridgehead atoms. The van der Waals surface area contributed by atoms with Crippen molar-refractivity contribution < 1.29 is 32.2 Å². The van der Waals surface area contributed by atoms with E-state index in [9.17, 15) is 13.2 Å². The van der Waals surface area contributed by atoms with Gasteiger partial charge in [0, 0.05) is 39.6 Å². The van der Waals surface area contributed by atoms with Gasteiger partial charge in [0.15, 0.2) is 0 Å². The Bertz CT molecular complexity index is 1200. The molecule has 0 saturated carbocycles. The number of benzene rings is 1. The Morgan fingerprint density at radius 1 is 1.16 bits per heavy atom. The van der Waals surface area contributed by atoms with Crippen molar-refractivity contribution in [3.8, 4) is 11.6 Å². The average molecular weight is 534 g/mol. The van der Waals surface area contributed by atoms with Crippen molar-refractivity contribution >= 4 is 15.9 Å². The SMILES string of the molecule is COc1nccc(C)c1C(=O)N1CC(OC)C(Oc2cccc(CS(=O)(=O)N(C)C3CCOCC3)c2)C1. The van der Waals surface area contributed by atoms with Gasteiger partial charge in [-0.15, -0.1) is 0 Å². The first-order valence-electron chi connectivity index (χ1n) is 12.3. The molecule has 37 heavy (non-hydrogen) atoms. The second-order valence-corrected chi connectivity index (χ2v) is 11.4. The van der Waals surface area contributed by atoms with Crippen LogP contribution >= 0.6 is 0 Å². The van der Waals surface area contributed by atoms with Crippen molar-refractivity contribution in [3.05, 3.63) is 53.2 Å². The summed E-state index contributed by atoms with van der Waals surface area (Å²) < 4.78 is 50.1. The molecule has 2 saturated heterocycles. The van der Waals surface area contributed by atoms with Crippen molar-refractivity contribution in [2.24, 2.45) is 0 Å². The molecule has 0 radical (unpaired) electrons. The molecule has 11 heteroatoms. The number of aromatic nitrogens is 1. The number of hydrogen-bond donors (Lipinski definition) is 0. The van der Waals surface area contributed by atoms with E-state index < -0.39 is 16.1 Å². The molecular weight excluding hydrogens is 498 g/mol. The lowest BCUT2D eigenvalue weighted by Crippen LogP contribution is -2.41. The van der Waals surface area contributed by atoms with Gasteiger partial charge in [-0.1, -0.05) is 12.1 Å². The highest BCUT2D eigenvalue weighted by Crippen LogP contribution is 2.27. The maximum atomic E-state index is 13.3. The average Bonchev–Trinajstić information content (AvgIpc) is 3.30. The number of nitrogens with zero attached hydrogens (tertiary/aromatic N) is 3. The lowest BCUT2D eigenvalue weighted by atomic mass is 10.1. The minimum atomic E-state index is -3.51. The third-order valence-corrected chi connectivity index (χ3v) is 8.89. The van der Waals surface area contributed by atoms with Crippen LogP contribution in [-0.2, 0) is 25.2 Å². The number of aryl methyl sites for hydroxylation is 1. The monoisotopic (exact) mass is 533 g/mol. The zero-order valence-corrected chi connectivity index (χ0v) is 22.6. The van der Waals surface area contributed by atoms with Crippen LogP contribution in [0.15, 0.2) is 36.5 Å². The summed E-state index contributed by atoms with van der Waals surface area (Å²) in [6, 6.07) is 8.79. The number of rotatable bonds is 9. The quantitative estimate of drug-likeness (QED) is 0.483. The summed E-state index contributed by atoms with van der Waals surface area (Å²) in [6.07, 6.45) is 2.22. The summed E-state index contributed by atoms with van der Waals surface area (Å²) in [7, 11) is 1.20. The smallest absolute Gasteiger partial charge is 0.259 e. The van der Waals surface area contributed by atoms with Gasteiger partial charge in [0.05, 0.1) is 26.0 Å². The summed E-state index contributed by atoms with van der Waals surface area (Å²) in [6.45, 7) is 3.64. The van der Waals surface area contributed by atoms with Gasteiger partial charge in [0.2, 0.25) is 15.9 Å². The fourth-order valence-corrected chi connectivity index (χ4v) is 6.30. The van der Waals surface area contributed by atoms with E-state index in [1.165, 1.54) is 11.4 Å². The number of hydrogen-bond acceptors (Lipinski definition) is 8.